The number of piperazine rings is 1. The molecule has 2 rings (SSSR count). The van der Waals surface area contributed by atoms with Gasteiger partial charge in [0.05, 0.1) is 16.9 Å². The van der Waals surface area contributed by atoms with E-state index in [9.17, 15) is 9.59 Å². The van der Waals surface area contributed by atoms with E-state index in [0.29, 0.717) is 22.3 Å². The van der Waals surface area contributed by atoms with E-state index < -0.39 is 11.9 Å². The van der Waals surface area contributed by atoms with Gasteiger partial charge in [-0.3, -0.25) is 0 Å². The average Bonchev–Trinajstić information content (AvgIpc) is 2.49. The number of hydrogen-bond acceptors (Lipinski definition) is 5. The van der Waals surface area contributed by atoms with Crippen LogP contribution in [0.2, 0.25) is 10.2 Å². The number of carboxylic acid groups (broad SMARTS) is 2. The molecule has 9 heteroatoms. The molecule has 0 atom stereocenters. The van der Waals surface area contributed by atoms with E-state index in [2.05, 4.69) is 15.2 Å². The molecule has 0 amide bonds. The fourth-order valence-corrected chi connectivity index (χ4v) is 1.91. The summed E-state index contributed by atoms with van der Waals surface area (Å²) in [7, 11) is 0. The van der Waals surface area contributed by atoms with Crippen LogP contribution in [0.5, 0.6) is 0 Å². The van der Waals surface area contributed by atoms with Crippen molar-refractivity contribution in [3.8, 4) is 0 Å². The van der Waals surface area contributed by atoms with Crippen LogP contribution in [-0.2, 0) is 9.59 Å². The number of anilines is 1. The zero-order chi connectivity index (χ0) is 16.5. The van der Waals surface area contributed by atoms with Gasteiger partial charge in [-0.2, -0.15) is 0 Å². The van der Waals surface area contributed by atoms with E-state index in [1.54, 1.807) is 6.20 Å². The van der Waals surface area contributed by atoms with Gasteiger partial charge in [-0.25, -0.2) is 14.6 Å². The second-order valence-corrected chi connectivity index (χ2v) is 4.98. The Labute approximate surface area is 137 Å². The van der Waals surface area contributed by atoms with Gasteiger partial charge in [-0.05, 0) is 6.07 Å². The number of nitrogens with zero attached hydrogens (tertiary/aromatic N) is 2. The zero-order valence-electron chi connectivity index (χ0n) is 11.5. The van der Waals surface area contributed by atoms with Crippen molar-refractivity contribution in [3.05, 3.63) is 34.6 Å². The molecule has 0 spiro atoms. The zero-order valence-corrected chi connectivity index (χ0v) is 13.0. The molecule has 22 heavy (non-hydrogen) atoms. The fraction of sp³-hybridized carbons (Fsp3) is 0.308. The highest BCUT2D eigenvalue weighted by Crippen LogP contribution is 2.24. The number of halogens is 2. The summed E-state index contributed by atoms with van der Waals surface area (Å²) in [5.41, 5.74) is 1.04. The van der Waals surface area contributed by atoms with Crippen LogP contribution in [0.4, 0.5) is 5.69 Å². The Kier molecular flexibility index (Phi) is 7.65. The summed E-state index contributed by atoms with van der Waals surface area (Å²) in [6.07, 6.45) is 2.88. The monoisotopic (exact) mass is 347 g/mol. The second kappa shape index (κ2) is 9.24. The molecule has 3 N–H and O–H groups in total. The Morgan fingerprint density at radius 2 is 1.73 bits per heavy atom. The molecule has 1 aliphatic rings. The Bertz CT molecular complexity index is 544. The van der Waals surface area contributed by atoms with Gasteiger partial charge in [0.2, 0.25) is 0 Å². The van der Waals surface area contributed by atoms with Crippen LogP contribution in [0.1, 0.15) is 0 Å². The third kappa shape index (κ3) is 6.75. The van der Waals surface area contributed by atoms with E-state index in [1.165, 1.54) is 0 Å². The lowest BCUT2D eigenvalue weighted by Crippen LogP contribution is -2.43. The molecule has 7 nitrogen and oxygen atoms in total. The van der Waals surface area contributed by atoms with Gasteiger partial charge in [0.25, 0.3) is 0 Å². The number of pyridine rings is 1. The van der Waals surface area contributed by atoms with Crippen molar-refractivity contribution in [3.63, 3.8) is 0 Å². The highest BCUT2D eigenvalue weighted by Gasteiger charge is 2.11. The topological polar surface area (TPSA) is 103 Å². The lowest BCUT2D eigenvalue weighted by Gasteiger charge is -2.29. The average molecular weight is 348 g/mol. The second-order valence-electron chi connectivity index (χ2n) is 4.21. The third-order valence-electron chi connectivity index (χ3n) is 2.63. The molecule has 0 aromatic carbocycles. The summed E-state index contributed by atoms with van der Waals surface area (Å²) in [5, 5.41) is 19.8. The normalized spacial score (nSPS) is 14.4. The van der Waals surface area contributed by atoms with Gasteiger partial charge in [0, 0.05) is 38.3 Å². The van der Waals surface area contributed by atoms with Crippen molar-refractivity contribution in [1.29, 1.82) is 0 Å². The molecule has 120 valence electrons. The van der Waals surface area contributed by atoms with Crippen molar-refractivity contribution >= 4 is 40.8 Å². The molecule has 2 heterocycles. The van der Waals surface area contributed by atoms with Crippen LogP contribution < -0.4 is 10.2 Å². The Morgan fingerprint density at radius 1 is 1.18 bits per heavy atom. The van der Waals surface area contributed by atoms with Crippen LogP contribution >= 0.6 is 23.2 Å². The molecule has 1 aromatic heterocycles. The maximum absolute atomic E-state index is 9.55. The third-order valence-corrected chi connectivity index (χ3v) is 3.32. The standard InChI is InChI=1S/C9H11Cl2N3.C4H4O4/c10-8-5-7(6-13-9(8)11)14-3-1-12-2-4-14;5-3(6)1-2-4(7)8/h5-6,12H,1-4H2;1-2H,(H,5,6)(H,7,8)/b;2-1+. The lowest BCUT2D eigenvalue weighted by molar-refractivity contribution is -0.134. The van der Waals surface area contributed by atoms with Crippen LogP contribution in [0.25, 0.3) is 0 Å². The molecule has 0 aliphatic carbocycles. The Hall–Kier alpha value is -1.83. The molecule has 1 fully saturated rings. The van der Waals surface area contributed by atoms with Gasteiger partial charge >= 0.3 is 11.9 Å². The Balaban J connectivity index is 0.000000261. The first-order valence-electron chi connectivity index (χ1n) is 6.31. The highest BCUT2D eigenvalue weighted by atomic mass is 35.5. The van der Waals surface area contributed by atoms with Gasteiger partial charge < -0.3 is 20.4 Å². The summed E-state index contributed by atoms with van der Waals surface area (Å²) in [6.45, 7) is 3.97. The first-order valence-corrected chi connectivity index (χ1v) is 7.06. The molecular formula is C13H15Cl2N3O4. The van der Waals surface area contributed by atoms with Crippen molar-refractivity contribution in [1.82, 2.24) is 10.3 Å². The quantitative estimate of drug-likeness (QED) is 0.562. The van der Waals surface area contributed by atoms with E-state index in [0.717, 1.165) is 31.9 Å². The largest absolute Gasteiger partial charge is 0.478 e. The van der Waals surface area contributed by atoms with Crippen LogP contribution in [0.15, 0.2) is 24.4 Å². The summed E-state index contributed by atoms with van der Waals surface area (Å²) in [4.78, 5) is 25.4. The number of aromatic nitrogens is 1. The first kappa shape index (κ1) is 18.2. The van der Waals surface area contributed by atoms with Crippen LogP contribution in [-0.4, -0.2) is 53.3 Å². The maximum Gasteiger partial charge on any atom is 0.328 e. The predicted molar refractivity (Wildman–Crippen MR) is 83.8 cm³/mol. The number of carbonyl (C=O) groups is 2. The number of rotatable bonds is 3. The highest BCUT2D eigenvalue weighted by molar-refractivity contribution is 6.41. The molecule has 0 saturated carbocycles. The molecule has 0 radical (unpaired) electrons. The van der Waals surface area contributed by atoms with Gasteiger partial charge in [-0.15, -0.1) is 0 Å². The van der Waals surface area contributed by atoms with Gasteiger partial charge in [0.1, 0.15) is 5.15 Å². The molecule has 1 aromatic rings. The van der Waals surface area contributed by atoms with Crippen LogP contribution in [0.3, 0.4) is 0 Å². The lowest BCUT2D eigenvalue weighted by atomic mass is 10.3. The fourth-order valence-electron chi connectivity index (χ4n) is 1.65. The summed E-state index contributed by atoms with van der Waals surface area (Å²) >= 11 is 11.6. The number of carboxylic acids is 2. The smallest absolute Gasteiger partial charge is 0.328 e. The minimum Gasteiger partial charge on any atom is -0.478 e. The first-order chi connectivity index (χ1) is 10.4. The number of aliphatic carboxylic acids is 2. The molecule has 0 bridgehead atoms. The molecule has 1 aliphatic heterocycles. The summed E-state index contributed by atoms with van der Waals surface area (Å²) in [6, 6.07) is 1.86. The van der Waals surface area contributed by atoms with E-state index in [4.69, 9.17) is 33.4 Å². The van der Waals surface area contributed by atoms with Crippen LogP contribution in [0, 0.1) is 0 Å². The Morgan fingerprint density at radius 3 is 2.18 bits per heavy atom. The molecule has 0 unspecified atom stereocenters. The van der Waals surface area contributed by atoms with Crippen molar-refractivity contribution in [2.75, 3.05) is 31.1 Å². The van der Waals surface area contributed by atoms with E-state index >= 15 is 0 Å². The summed E-state index contributed by atoms with van der Waals surface area (Å²) < 4.78 is 0. The van der Waals surface area contributed by atoms with E-state index in [-0.39, 0.29) is 0 Å². The van der Waals surface area contributed by atoms with Crippen molar-refractivity contribution in [2.45, 2.75) is 0 Å². The molecule has 1 saturated heterocycles. The predicted octanol–water partition coefficient (Wildman–Crippen LogP) is 1.51. The minimum atomic E-state index is -1.26. The van der Waals surface area contributed by atoms with Crippen molar-refractivity contribution in [2.24, 2.45) is 0 Å². The number of hydrogen-bond donors (Lipinski definition) is 3. The van der Waals surface area contributed by atoms with E-state index in [1.807, 2.05) is 6.07 Å². The maximum atomic E-state index is 9.55. The van der Waals surface area contributed by atoms with Gasteiger partial charge in [0.15, 0.2) is 0 Å². The molecular weight excluding hydrogens is 333 g/mol. The van der Waals surface area contributed by atoms with Gasteiger partial charge in [-0.1, -0.05) is 23.2 Å². The van der Waals surface area contributed by atoms with Crippen molar-refractivity contribution < 1.29 is 19.8 Å². The summed E-state index contributed by atoms with van der Waals surface area (Å²) in [5.74, 6) is -2.51. The SMILES string of the molecule is Clc1cc(N2CCNCC2)cnc1Cl.O=C(O)/C=C/C(=O)O. The number of nitrogens with one attached hydrogen (secondary N) is 1. The minimum absolute atomic E-state index is 0.366.